The van der Waals surface area contributed by atoms with Crippen LogP contribution >= 0.6 is 0 Å². The monoisotopic (exact) mass is 454 g/mol. The molecule has 5 nitrogen and oxygen atoms in total. The first-order valence-corrected chi connectivity index (χ1v) is 12.3. The molecule has 33 heavy (non-hydrogen) atoms. The average molecular weight is 455 g/mol. The number of carbonyl (C=O) groups excluding carboxylic acids is 2. The van der Waals surface area contributed by atoms with Crippen molar-refractivity contribution in [3.05, 3.63) is 28.3 Å². The third-order valence-corrected chi connectivity index (χ3v) is 8.82. The second kappa shape index (κ2) is 8.18. The average Bonchev–Trinajstić information content (AvgIpc) is 3.25. The maximum atomic E-state index is 12.1. The van der Waals surface area contributed by atoms with E-state index >= 15 is 0 Å². The molecular weight excluding hydrogens is 416 g/mol. The molecule has 1 fully saturated rings. The van der Waals surface area contributed by atoms with Crippen LogP contribution < -0.4 is 4.74 Å². The molecule has 1 aliphatic heterocycles. The van der Waals surface area contributed by atoms with Gasteiger partial charge in [0.05, 0.1) is 11.1 Å². The Morgan fingerprint density at radius 1 is 1.09 bits per heavy atom. The fourth-order valence-electron chi connectivity index (χ4n) is 7.11. The Labute approximate surface area is 197 Å². The number of rotatable bonds is 4. The summed E-state index contributed by atoms with van der Waals surface area (Å²) in [4.78, 5) is 23.9. The molecule has 0 radical (unpaired) electrons. The molecule has 2 N–H and O–H groups in total. The SMILES string of the molecule is C/C1=C\CC[C@]2(C)Oc3c(C=O)c(O)c(C=O)c(O)c3[C@@H](CC(C)C)[C@H]2[C@@H]2[C@@H](CC1)C2(C)C. The lowest BCUT2D eigenvalue weighted by Crippen LogP contribution is -2.49. The van der Waals surface area contributed by atoms with Gasteiger partial charge in [-0.25, -0.2) is 0 Å². The lowest BCUT2D eigenvalue weighted by atomic mass is 9.64. The zero-order chi connectivity index (χ0) is 24.3. The van der Waals surface area contributed by atoms with E-state index in [4.69, 9.17) is 4.74 Å². The van der Waals surface area contributed by atoms with Crippen molar-refractivity contribution < 1.29 is 24.5 Å². The van der Waals surface area contributed by atoms with Crippen LogP contribution in [-0.2, 0) is 0 Å². The molecule has 2 aliphatic carbocycles. The van der Waals surface area contributed by atoms with Gasteiger partial charge in [0, 0.05) is 11.5 Å². The van der Waals surface area contributed by atoms with E-state index in [2.05, 4.69) is 47.6 Å². The fraction of sp³-hybridized carbons (Fsp3) is 0.643. The largest absolute Gasteiger partial charge is 0.507 e. The summed E-state index contributed by atoms with van der Waals surface area (Å²) in [5.41, 5.74) is 1.28. The Bertz CT molecular complexity index is 1000. The van der Waals surface area contributed by atoms with Crippen LogP contribution in [0.15, 0.2) is 11.6 Å². The van der Waals surface area contributed by atoms with Crippen molar-refractivity contribution in [3.63, 3.8) is 0 Å². The molecule has 1 heterocycles. The molecule has 0 aromatic heterocycles. The van der Waals surface area contributed by atoms with Gasteiger partial charge in [-0.05, 0) is 75.0 Å². The lowest BCUT2D eigenvalue weighted by Gasteiger charge is -2.49. The standard InChI is InChI=1S/C28H38O5/c1-15(2)12-17-21-25(32)18(13-29)24(31)19(14-30)26(21)33-28(6)11-7-8-16(3)9-10-20-23(22(17)28)27(20,4)5/h8,13-15,17,20,22-23,31-32H,7,9-12H2,1-6H3/b16-8+/t17-,20-,22+,23+,28+/m1/s1. The van der Waals surface area contributed by atoms with Crippen LogP contribution in [0.3, 0.4) is 0 Å². The second-order valence-corrected chi connectivity index (χ2v) is 11.8. The van der Waals surface area contributed by atoms with Gasteiger partial charge in [0.25, 0.3) is 0 Å². The molecule has 180 valence electrons. The van der Waals surface area contributed by atoms with Gasteiger partial charge in [0.1, 0.15) is 22.8 Å². The number of phenols is 2. The van der Waals surface area contributed by atoms with Crippen LogP contribution in [0.1, 0.15) is 106 Å². The van der Waals surface area contributed by atoms with E-state index in [0.717, 1.165) is 32.1 Å². The minimum absolute atomic E-state index is 0.0336. The molecule has 0 unspecified atom stereocenters. The van der Waals surface area contributed by atoms with E-state index < -0.39 is 11.4 Å². The van der Waals surface area contributed by atoms with Crippen molar-refractivity contribution in [1.29, 1.82) is 0 Å². The zero-order valence-corrected chi connectivity index (χ0v) is 20.8. The second-order valence-electron chi connectivity index (χ2n) is 11.8. The van der Waals surface area contributed by atoms with Crippen molar-refractivity contribution in [1.82, 2.24) is 0 Å². The summed E-state index contributed by atoms with van der Waals surface area (Å²) in [6.07, 6.45) is 7.99. The summed E-state index contributed by atoms with van der Waals surface area (Å²) in [6, 6.07) is 0. The molecule has 0 bridgehead atoms. The molecule has 5 heteroatoms. The van der Waals surface area contributed by atoms with Crippen LogP contribution in [0.4, 0.5) is 0 Å². The highest BCUT2D eigenvalue weighted by Crippen LogP contribution is 2.71. The Hall–Kier alpha value is -2.30. The van der Waals surface area contributed by atoms with Crippen molar-refractivity contribution in [2.45, 2.75) is 85.2 Å². The number of carbonyl (C=O) groups is 2. The van der Waals surface area contributed by atoms with Gasteiger partial charge in [0.2, 0.25) is 0 Å². The van der Waals surface area contributed by atoms with Gasteiger partial charge in [0.15, 0.2) is 12.6 Å². The molecule has 4 rings (SSSR count). The molecule has 1 saturated carbocycles. The third kappa shape index (κ3) is 3.68. The highest BCUT2D eigenvalue weighted by atomic mass is 16.5. The smallest absolute Gasteiger partial charge is 0.157 e. The van der Waals surface area contributed by atoms with Gasteiger partial charge in [-0.1, -0.05) is 39.3 Å². The predicted molar refractivity (Wildman–Crippen MR) is 128 cm³/mol. The van der Waals surface area contributed by atoms with Crippen molar-refractivity contribution >= 4 is 12.6 Å². The van der Waals surface area contributed by atoms with Crippen LogP contribution in [0, 0.1) is 29.1 Å². The van der Waals surface area contributed by atoms with Crippen LogP contribution in [0.5, 0.6) is 17.2 Å². The number of aromatic hydroxyl groups is 2. The molecule has 0 spiro atoms. The fourth-order valence-corrected chi connectivity index (χ4v) is 7.11. The van der Waals surface area contributed by atoms with Gasteiger partial charge >= 0.3 is 0 Å². The number of allylic oxidation sites excluding steroid dienone is 2. The van der Waals surface area contributed by atoms with Crippen LogP contribution in [0.25, 0.3) is 0 Å². The first kappa shape index (κ1) is 23.8. The summed E-state index contributed by atoms with van der Waals surface area (Å²) >= 11 is 0. The molecule has 0 saturated heterocycles. The van der Waals surface area contributed by atoms with E-state index in [1.165, 1.54) is 5.57 Å². The maximum absolute atomic E-state index is 12.1. The summed E-state index contributed by atoms with van der Waals surface area (Å²) < 4.78 is 6.68. The molecule has 5 atom stereocenters. The number of fused-ring (bicyclic) bond motifs is 4. The molecule has 1 aromatic carbocycles. The maximum Gasteiger partial charge on any atom is 0.157 e. The number of hydrogen-bond acceptors (Lipinski definition) is 5. The van der Waals surface area contributed by atoms with E-state index in [0.29, 0.717) is 35.9 Å². The van der Waals surface area contributed by atoms with E-state index in [1.807, 2.05) is 0 Å². The van der Waals surface area contributed by atoms with E-state index in [9.17, 15) is 19.8 Å². The lowest BCUT2D eigenvalue weighted by molar-refractivity contribution is -0.0348. The van der Waals surface area contributed by atoms with E-state index in [1.54, 1.807) is 0 Å². The van der Waals surface area contributed by atoms with Crippen molar-refractivity contribution in [2.24, 2.45) is 29.1 Å². The van der Waals surface area contributed by atoms with Crippen LogP contribution in [0.2, 0.25) is 0 Å². The van der Waals surface area contributed by atoms with Gasteiger partial charge < -0.3 is 14.9 Å². The summed E-state index contributed by atoms with van der Waals surface area (Å²) in [5.74, 6) is 0.888. The molecule has 3 aliphatic rings. The van der Waals surface area contributed by atoms with Crippen molar-refractivity contribution in [3.8, 4) is 17.2 Å². The molecular formula is C28H38O5. The topological polar surface area (TPSA) is 83.8 Å². The van der Waals surface area contributed by atoms with Crippen LogP contribution in [-0.4, -0.2) is 28.4 Å². The number of aldehydes is 2. The Balaban J connectivity index is 1.98. The molecule has 0 amide bonds. The number of ether oxygens (including phenoxy) is 1. The minimum atomic E-state index is -0.559. The first-order chi connectivity index (χ1) is 15.5. The molecule has 1 aromatic rings. The summed E-state index contributed by atoms with van der Waals surface area (Å²) in [7, 11) is 0. The highest BCUT2D eigenvalue weighted by Gasteiger charge is 2.66. The Kier molecular flexibility index (Phi) is 5.91. The zero-order valence-electron chi connectivity index (χ0n) is 20.8. The first-order valence-electron chi connectivity index (χ1n) is 12.3. The minimum Gasteiger partial charge on any atom is -0.507 e. The summed E-state index contributed by atoms with van der Waals surface area (Å²) in [6.45, 7) is 13.3. The van der Waals surface area contributed by atoms with Gasteiger partial charge in [-0.15, -0.1) is 0 Å². The summed E-state index contributed by atoms with van der Waals surface area (Å²) in [5, 5.41) is 21.8. The quantitative estimate of drug-likeness (QED) is 0.405. The number of hydrogen-bond donors (Lipinski definition) is 2. The third-order valence-electron chi connectivity index (χ3n) is 8.82. The highest BCUT2D eigenvalue weighted by molar-refractivity contribution is 5.95. The van der Waals surface area contributed by atoms with Crippen molar-refractivity contribution in [2.75, 3.05) is 0 Å². The van der Waals surface area contributed by atoms with E-state index in [-0.39, 0.29) is 39.9 Å². The Morgan fingerprint density at radius 2 is 1.76 bits per heavy atom. The normalized spacial score (nSPS) is 34.1. The predicted octanol–water partition coefficient (Wildman–Crippen LogP) is 6.41. The number of benzene rings is 1. The van der Waals surface area contributed by atoms with Gasteiger partial charge in [-0.3, -0.25) is 9.59 Å². The number of phenolic OH excluding ortho intramolecular Hbond substituents is 2. The van der Waals surface area contributed by atoms with Gasteiger partial charge in [-0.2, -0.15) is 0 Å². The Morgan fingerprint density at radius 3 is 2.36 bits per heavy atom.